The smallest absolute Gasteiger partial charge is 0.262 e. The van der Waals surface area contributed by atoms with Crippen molar-refractivity contribution in [3.8, 4) is 0 Å². The van der Waals surface area contributed by atoms with Crippen molar-refractivity contribution in [3.63, 3.8) is 0 Å². The summed E-state index contributed by atoms with van der Waals surface area (Å²) >= 11 is 0. The summed E-state index contributed by atoms with van der Waals surface area (Å²) in [5.74, 6) is 0.600. The molecule has 3 aromatic rings. The Morgan fingerprint density at radius 1 is 1.06 bits per heavy atom. The number of pyridine rings is 1. The summed E-state index contributed by atoms with van der Waals surface area (Å²) < 4.78 is 3.74. The lowest BCUT2D eigenvalue weighted by molar-refractivity contribution is 0.848. The Morgan fingerprint density at radius 2 is 1.78 bits per heavy atom. The fourth-order valence-corrected chi connectivity index (χ4v) is 1.98. The normalized spacial score (nSPS) is 11.1. The molecular formula is C13H15N5. The highest BCUT2D eigenvalue weighted by molar-refractivity contribution is 5.45. The maximum Gasteiger partial charge on any atom is 0.262 e. The zero-order valence-corrected chi connectivity index (χ0v) is 10.7. The predicted octanol–water partition coefficient (Wildman–Crippen LogP) is 2.33. The van der Waals surface area contributed by atoms with E-state index in [4.69, 9.17) is 0 Å². The van der Waals surface area contributed by atoms with E-state index in [0.717, 1.165) is 17.0 Å². The van der Waals surface area contributed by atoms with E-state index in [0.29, 0.717) is 5.95 Å². The molecule has 0 atom stereocenters. The number of hydrogen-bond donors (Lipinski definition) is 1. The van der Waals surface area contributed by atoms with Crippen molar-refractivity contribution < 1.29 is 0 Å². The van der Waals surface area contributed by atoms with Crippen molar-refractivity contribution in [1.82, 2.24) is 19.3 Å². The van der Waals surface area contributed by atoms with Gasteiger partial charge in [0, 0.05) is 17.6 Å². The second-order valence-corrected chi connectivity index (χ2v) is 4.51. The minimum atomic E-state index is 0.600. The fraction of sp³-hybridized carbons (Fsp3) is 0.231. The van der Waals surface area contributed by atoms with Crippen LogP contribution in [0.1, 0.15) is 17.0 Å². The third-order valence-electron chi connectivity index (χ3n) is 2.98. The molecule has 0 saturated heterocycles. The number of nitrogens with zero attached hydrogens (tertiary/aromatic N) is 4. The number of hydrogen-bond acceptors (Lipinski definition) is 3. The molecule has 0 amide bonds. The zero-order chi connectivity index (χ0) is 12.7. The molecule has 92 valence electrons. The monoisotopic (exact) mass is 241 g/mol. The molecule has 0 saturated carbocycles. The molecule has 3 aromatic heterocycles. The van der Waals surface area contributed by atoms with Gasteiger partial charge in [-0.2, -0.15) is 4.98 Å². The first-order valence-electron chi connectivity index (χ1n) is 5.88. The van der Waals surface area contributed by atoms with Crippen molar-refractivity contribution in [2.24, 2.45) is 0 Å². The van der Waals surface area contributed by atoms with Gasteiger partial charge >= 0.3 is 0 Å². The van der Waals surface area contributed by atoms with Crippen LogP contribution in [0.4, 0.5) is 5.95 Å². The predicted molar refractivity (Wildman–Crippen MR) is 70.7 cm³/mol. The summed E-state index contributed by atoms with van der Waals surface area (Å²) in [5.41, 5.74) is 7.48. The standard InChI is InChI=1S/C13H15N5/c1-9-6-7-17-12(8-9)14-13(15-17)16-18-10(2)4-5-11(18)3/h4-8H,1-3H3,(H,15,16). The Bertz CT molecular complexity index is 688. The van der Waals surface area contributed by atoms with E-state index in [2.05, 4.69) is 27.6 Å². The largest absolute Gasteiger partial charge is 0.262 e. The molecule has 3 rings (SSSR count). The summed E-state index contributed by atoms with van der Waals surface area (Å²) in [6.45, 7) is 6.13. The molecule has 0 aliphatic heterocycles. The van der Waals surface area contributed by atoms with Gasteiger partial charge in [0.1, 0.15) is 0 Å². The second kappa shape index (κ2) is 3.87. The van der Waals surface area contributed by atoms with Crippen LogP contribution >= 0.6 is 0 Å². The van der Waals surface area contributed by atoms with E-state index in [1.165, 1.54) is 5.56 Å². The van der Waals surface area contributed by atoms with Gasteiger partial charge in [0.05, 0.1) is 0 Å². The van der Waals surface area contributed by atoms with Gasteiger partial charge in [-0.3, -0.25) is 10.1 Å². The Morgan fingerprint density at radius 3 is 2.50 bits per heavy atom. The van der Waals surface area contributed by atoms with Crippen LogP contribution in [0, 0.1) is 20.8 Å². The Labute approximate surface area is 105 Å². The van der Waals surface area contributed by atoms with Crippen LogP contribution in [-0.2, 0) is 0 Å². The maximum atomic E-state index is 4.45. The van der Waals surface area contributed by atoms with Gasteiger partial charge < -0.3 is 0 Å². The quantitative estimate of drug-likeness (QED) is 0.749. The number of nitrogens with one attached hydrogen (secondary N) is 1. The maximum absolute atomic E-state index is 4.45. The lowest BCUT2D eigenvalue weighted by Gasteiger charge is -2.08. The van der Waals surface area contributed by atoms with Crippen LogP contribution in [0.25, 0.3) is 5.65 Å². The van der Waals surface area contributed by atoms with E-state index in [-0.39, 0.29) is 0 Å². The van der Waals surface area contributed by atoms with Gasteiger partial charge in [0.2, 0.25) is 0 Å². The van der Waals surface area contributed by atoms with E-state index >= 15 is 0 Å². The summed E-state index contributed by atoms with van der Waals surface area (Å²) in [5, 5.41) is 4.38. The molecule has 5 heteroatoms. The highest BCUT2D eigenvalue weighted by Crippen LogP contribution is 2.11. The molecule has 18 heavy (non-hydrogen) atoms. The topological polar surface area (TPSA) is 47.1 Å². The van der Waals surface area contributed by atoms with Crippen molar-refractivity contribution in [3.05, 3.63) is 47.4 Å². The van der Waals surface area contributed by atoms with Gasteiger partial charge in [-0.05, 0) is 50.6 Å². The highest BCUT2D eigenvalue weighted by atomic mass is 15.5. The minimum Gasteiger partial charge on any atom is -0.262 e. The number of anilines is 1. The van der Waals surface area contributed by atoms with Gasteiger partial charge in [0.15, 0.2) is 5.65 Å². The number of fused-ring (bicyclic) bond motifs is 1. The first-order valence-corrected chi connectivity index (χ1v) is 5.88. The third kappa shape index (κ3) is 1.73. The first kappa shape index (κ1) is 10.8. The van der Waals surface area contributed by atoms with Crippen molar-refractivity contribution in [1.29, 1.82) is 0 Å². The van der Waals surface area contributed by atoms with E-state index in [1.54, 1.807) is 4.52 Å². The number of rotatable bonds is 2. The summed E-state index contributed by atoms with van der Waals surface area (Å²) in [6.07, 6.45) is 1.91. The Hall–Kier alpha value is -2.30. The summed E-state index contributed by atoms with van der Waals surface area (Å²) in [6, 6.07) is 8.13. The molecule has 0 fully saturated rings. The Kier molecular flexibility index (Phi) is 2.33. The van der Waals surface area contributed by atoms with Crippen LogP contribution in [0.15, 0.2) is 30.5 Å². The van der Waals surface area contributed by atoms with Gasteiger partial charge in [-0.1, -0.05) is 0 Å². The van der Waals surface area contributed by atoms with E-state index < -0.39 is 0 Å². The van der Waals surface area contributed by atoms with E-state index in [9.17, 15) is 0 Å². The lowest BCUT2D eigenvalue weighted by Crippen LogP contribution is -2.13. The van der Waals surface area contributed by atoms with Gasteiger partial charge in [-0.25, -0.2) is 4.52 Å². The van der Waals surface area contributed by atoms with Crippen LogP contribution in [0.5, 0.6) is 0 Å². The minimum absolute atomic E-state index is 0.600. The SMILES string of the molecule is Cc1ccn2nc(Nn3c(C)ccc3C)nc2c1. The van der Waals surface area contributed by atoms with Crippen molar-refractivity contribution >= 4 is 11.6 Å². The molecule has 3 heterocycles. The second-order valence-electron chi connectivity index (χ2n) is 4.51. The van der Waals surface area contributed by atoms with E-state index in [1.807, 2.05) is 43.8 Å². The van der Waals surface area contributed by atoms with Crippen molar-refractivity contribution in [2.75, 3.05) is 5.43 Å². The molecule has 0 bridgehead atoms. The third-order valence-corrected chi connectivity index (χ3v) is 2.98. The number of aromatic nitrogens is 4. The fourth-order valence-electron chi connectivity index (χ4n) is 1.98. The van der Waals surface area contributed by atoms with Gasteiger partial charge in [-0.15, -0.1) is 5.10 Å². The molecule has 0 aromatic carbocycles. The Balaban J connectivity index is 2.00. The number of aryl methyl sites for hydroxylation is 3. The molecule has 1 N–H and O–H groups in total. The lowest BCUT2D eigenvalue weighted by atomic mass is 10.3. The molecule has 0 radical (unpaired) electrons. The zero-order valence-electron chi connectivity index (χ0n) is 10.7. The summed E-state index contributed by atoms with van der Waals surface area (Å²) in [4.78, 5) is 4.45. The van der Waals surface area contributed by atoms with Crippen LogP contribution < -0.4 is 5.43 Å². The average Bonchev–Trinajstić information content (AvgIpc) is 2.86. The highest BCUT2D eigenvalue weighted by Gasteiger charge is 2.06. The van der Waals surface area contributed by atoms with Crippen molar-refractivity contribution in [2.45, 2.75) is 20.8 Å². The molecule has 5 nitrogen and oxygen atoms in total. The molecule has 0 unspecified atom stereocenters. The molecular weight excluding hydrogens is 226 g/mol. The summed E-state index contributed by atoms with van der Waals surface area (Å²) in [7, 11) is 0. The van der Waals surface area contributed by atoms with Crippen LogP contribution in [-0.4, -0.2) is 19.3 Å². The van der Waals surface area contributed by atoms with Gasteiger partial charge in [0.25, 0.3) is 5.95 Å². The first-order chi connectivity index (χ1) is 8.63. The molecule has 0 aliphatic rings. The molecule has 0 spiro atoms. The van der Waals surface area contributed by atoms with Crippen LogP contribution in [0.2, 0.25) is 0 Å². The molecule has 0 aliphatic carbocycles. The average molecular weight is 241 g/mol. The van der Waals surface area contributed by atoms with Crippen LogP contribution in [0.3, 0.4) is 0 Å².